The van der Waals surface area contributed by atoms with Crippen LogP contribution in [0.4, 0.5) is 0 Å². The highest BCUT2D eigenvalue weighted by atomic mass is 32.1. The van der Waals surface area contributed by atoms with Gasteiger partial charge in [-0.1, -0.05) is 19.9 Å². The normalized spacial score (nSPS) is 12.7. The fraction of sp³-hybridized carbons (Fsp3) is 0.615. The van der Waals surface area contributed by atoms with E-state index in [0.29, 0.717) is 12.5 Å². The number of amides is 1. The monoisotopic (exact) mass is 254 g/mol. The van der Waals surface area contributed by atoms with Crippen molar-refractivity contribution in [3.05, 3.63) is 22.4 Å². The second-order valence-corrected chi connectivity index (χ2v) is 5.64. The van der Waals surface area contributed by atoms with Crippen LogP contribution < -0.4 is 10.6 Å². The van der Waals surface area contributed by atoms with Gasteiger partial charge in [-0.05, 0) is 30.7 Å². The van der Waals surface area contributed by atoms with Crippen LogP contribution in [0.25, 0.3) is 0 Å². The second kappa shape index (κ2) is 7.45. The Morgan fingerprint density at radius 3 is 2.76 bits per heavy atom. The van der Waals surface area contributed by atoms with Gasteiger partial charge in [0.15, 0.2) is 0 Å². The Morgan fingerprint density at radius 1 is 1.41 bits per heavy atom. The fourth-order valence-corrected chi connectivity index (χ4v) is 2.05. The third-order valence-corrected chi connectivity index (χ3v) is 3.74. The summed E-state index contributed by atoms with van der Waals surface area (Å²) in [5.74, 6) is 0.558. The Balaban J connectivity index is 2.08. The molecular weight excluding hydrogens is 232 g/mol. The van der Waals surface area contributed by atoms with Crippen LogP contribution in [0.2, 0.25) is 0 Å². The number of nitrogens with one attached hydrogen (secondary N) is 2. The zero-order chi connectivity index (χ0) is 12.7. The van der Waals surface area contributed by atoms with Gasteiger partial charge in [-0.25, -0.2) is 0 Å². The van der Waals surface area contributed by atoms with Crippen molar-refractivity contribution in [1.29, 1.82) is 0 Å². The van der Waals surface area contributed by atoms with Crippen molar-refractivity contribution in [2.75, 3.05) is 13.1 Å². The van der Waals surface area contributed by atoms with E-state index in [1.54, 1.807) is 11.3 Å². The maximum atomic E-state index is 11.5. The molecule has 0 aromatic carbocycles. The topological polar surface area (TPSA) is 41.1 Å². The van der Waals surface area contributed by atoms with Crippen LogP contribution in [0.3, 0.4) is 0 Å². The molecule has 0 aliphatic heterocycles. The van der Waals surface area contributed by atoms with Crippen molar-refractivity contribution >= 4 is 17.2 Å². The quantitative estimate of drug-likeness (QED) is 0.731. The van der Waals surface area contributed by atoms with E-state index in [-0.39, 0.29) is 11.9 Å². The van der Waals surface area contributed by atoms with Crippen molar-refractivity contribution in [3.8, 4) is 0 Å². The molecule has 2 N–H and O–H groups in total. The summed E-state index contributed by atoms with van der Waals surface area (Å²) >= 11 is 1.76. The number of thiophene rings is 1. The molecule has 0 aliphatic rings. The number of carbonyl (C=O) groups excluding carboxylic acids is 1. The summed E-state index contributed by atoms with van der Waals surface area (Å²) < 4.78 is 0. The summed E-state index contributed by atoms with van der Waals surface area (Å²) in [5, 5.41) is 8.21. The van der Waals surface area contributed by atoms with Crippen molar-refractivity contribution in [3.63, 3.8) is 0 Å². The molecule has 17 heavy (non-hydrogen) atoms. The number of hydrogen-bond donors (Lipinski definition) is 2. The highest BCUT2D eigenvalue weighted by molar-refractivity contribution is 7.09. The van der Waals surface area contributed by atoms with Crippen LogP contribution in [-0.2, 0) is 11.2 Å². The molecule has 0 aliphatic carbocycles. The van der Waals surface area contributed by atoms with Gasteiger partial charge < -0.3 is 10.6 Å². The lowest BCUT2D eigenvalue weighted by atomic mass is 10.1. The van der Waals surface area contributed by atoms with Crippen LogP contribution in [0.15, 0.2) is 17.5 Å². The zero-order valence-electron chi connectivity index (χ0n) is 10.8. The molecular formula is C13H22N2OS. The van der Waals surface area contributed by atoms with Gasteiger partial charge in [0, 0.05) is 17.5 Å². The molecule has 1 atom stereocenters. The average Bonchev–Trinajstić information content (AvgIpc) is 2.77. The lowest BCUT2D eigenvalue weighted by molar-refractivity contribution is -0.121. The fourth-order valence-electron chi connectivity index (χ4n) is 1.34. The molecule has 1 amide bonds. The van der Waals surface area contributed by atoms with E-state index >= 15 is 0 Å². The largest absolute Gasteiger partial charge is 0.352 e. The van der Waals surface area contributed by atoms with Gasteiger partial charge >= 0.3 is 0 Å². The molecule has 0 saturated heterocycles. The van der Waals surface area contributed by atoms with Gasteiger partial charge in [-0.3, -0.25) is 4.79 Å². The first-order valence-corrected chi connectivity index (χ1v) is 7.00. The molecule has 0 radical (unpaired) electrons. The van der Waals surface area contributed by atoms with Crippen molar-refractivity contribution in [2.24, 2.45) is 5.92 Å². The molecule has 1 heterocycles. The van der Waals surface area contributed by atoms with Crippen molar-refractivity contribution in [1.82, 2.24) is 10.6 Å². The van der Waals surface area contributed by atoms with E-state index in [0.717, 1.165) is 13.0 Å². The minimum absolute atomic E-state index is 0.0809. The summed E-state index contributed by atoms with van der Waals surface area (Å²) in [6.45, 7) is 7.50. The molecule has 0 bridgehead atoms. The van der Waals surface area contributed by atoms with Crippen molar-refractivity contribution < 1.29 is 4.79 Å². The Hall–Kier alpha value is -0.870. The summed E-state index contributed by atoms with van der Waals surface area (Å²) in [6, 6.07) is 4.41. The lowest BCUT2D eigenvalue weighted by Gasteiger charge is -2.17. The number of carbonyl (C=O) groups is 1. The van der Waals surface area contributed by atoms with E-state index in [9.17, 15) is 4.79 Å². The first kappa shape index (κ1) is 14.2. The first-order valence-electron chi connectivity index (χ1n) is 6.12. The summed E-state index contributed by atoms with van der Waals surface area (Å²) in [7, 11) is 0. The second-order valence-electron chi connectivity index (χ2n) is 4.61. The maximum absolute atomic E-state index is 11.5. The lowest BCUT2D eigenvalue weighted by Crippen LogP contribution is -2.41. The third kappa shape index (κ3) is 5.84. The molecule has 96 valence electrons. The van der Waals surface area contributed by atoms with Gasteiger partial charge in [0.05, 0.1) is 6.54 Å². The Bertz CT molecular complexity index is 322. The molecule has 1 rings (SSSR count). The van der Waals surface area contributed by atoms with Crippen LogP contribution in [-0.4, -0.2) is 25.0 Å². The average molecular weight is 254 g/mol. The molecule has 0 spiro atoms. The van der Waals surface area contributed by atoms with Crippen LogP contribution >= 0.6 is 11.3 Å². The molecule has 3 nitrogen and oxygen atoms in total. The smallest absolute Gasteiger partial charge is 0.234 e. The predicted molar refractivity (Wildman–Crippen MR) is 73.3 cm³/mol. The summed E-state index contributed by atoms with van der Waals surface area (Å²) in [5.41, 5.74) is 0. The Kier molecular flexibility index (Phi) is 6.22. The van der Waals surface area contributed by atoms with E-state index in [1.807, 2.05) is 6.92 Å². The summed E-state index contributed by atoms with van der Waals surface area (Å²) in [4.78, 5) is 12.9. The van der Waals surface area contributed by atoms with E-state index in [4.69, 9.17) is 0 Å². The van der Waals surface area contributed by atoms with Crippen LogP contribution in [0.5, 0.6) is 0 Å². The van der Waals surface area contributed by atoms with Gasteiger partial charge in [-0.15, -0.1) is 11.3 Å². The minimum atomic E-state index is 0.0809. The first-order chi connectivity index (χ1) is 8.09. The van der Waals surface area contributed by atoms with Crippen LogP contribution in [0, 0.1) is 5.92 Å². The van der Waals surface area contributed by atoms with Gasteiger partial charge in [0.1, 0.15) is 0 Å². The molecule has 1 aromatic rings. The Morgan fingerprint density at radius 2 is 2.18 bits per heavy atom. The highest BCUT2D eigenvalue weighted by Gasteiger charge is 2.09. The van der Waals surface area contributed by atoms with Gasteiger partial charge in [-0.2, -0.15) is 0 Å². The molecule has 0 fully saturated rings. The zero-order valence-corrected chi connectivity index (χ0v) is 11.6. The third-order valence-electron chi connectivity index (χ3n) is 2.80. The molecule has 4 heteroatoms. The number of rotatable bonds is 7. The summed E-state index contributed by atoms with van der Waals surface area (Å²) in [6.07, 6.45) is 0.991. The van der Waals surface area contributed by atoms with Crippen LogP contribution in [0.1, 0.15) is 25.6 Å². The molecule has 1 aromatic heterocycles. The van der Waals surface area contributed by atoms with E-state index in [2.05, 4.69) is 42.0 Å². The Labute approximate surface area is 108 Å². The van der Waals surface area contributed by atoms with Gasteiger partial charge in [0.25, 0.3) is 0 Å². The maximum Gasteiger partial charge on any atom is 0.234 e. The number of hydrogen-bond acceptors (Lipinski definition) is 3. The standard InChI is InChI=1S/C13H22N2OS/c1-10(2)11(3)15-13(16)9-14-7-6-12-5-4-8-17-12/h4-5,8,10-11,14H,6-7,9H2,1-3H3,(H,15,16). The SMILES string of the molecule is CC(C)C(C)NC(=O)CNCCc1cccs1. The minimum Gasteiger partial charge on any atom is -0.352 e. The molecule has 1 unspecified atom stereocenters. The predicted octanol–water partition coefficient (Wildman–Crippen LogP) is 2.04. The van der Waals surface area contributed by atoms with E-state index in [1.165, 1.54) is 4.88 Å². The molecule has 0 saturated carbocycles. The van der Waals surface area contributed by atoms with Crippen molar-refractivity contribution in [2.45, 2.75) is 33.2 Å². The highest BCUT2D eigenvalue weighted by Crippen LogP contribution is 2.07. The van der Waals surface area contributed by atoms with Gasteiger partial charge in [0.2, 0.25) is 5.91 Å². The van der Waals surface area contributed by atoms with E-state index < -0.39 is 0 Å².